The molecule has 1 aliphatic rings. The first-order chi connectivity index (χ1) is 9.49. The molecule has 1 aromatic rings. The van der Waals surface area contributed by atoms with Gasteiger partial charge in [-0.3, -0.25) is 0 Å². The van der Waals surface area contributed by atoms with E-state index < -0.39 is 12.0 Å². The Hall–Kier alpha value is -1.56. The Morgan fingerprint density at radius 3 is 2.65 bits per heavy atom. The predicted molar refractivity (Wildman–Crippen MR) is 78.4 cm³/mol. The third-order valence-electron chi connectivity index (χ3n) is 3.44. The molecule has 108 valence electrons. The Bertz CT molecular complexity index is 504. The van der Waals surface area contributed by atoms with Gasteiger partial charge in [-0.25, -0.2) is 9.59 Å². The summed E-state index contributed by atoms with van der Waals surface area (Å²) >= 11 is 3.36. The molecule has 2 amide bonds. The number of likely N-dealkylation sites (tertiary alicyclic amines) is 1. The molecule has 1 aliphatic heterocycles. The number of aliphatic carboxylic acids is 1. The molecule has 2 rings (SSSR count). The van der Waals surface area contributed by atoms with Gasteiger partial charge in [-0.15, -0.1) is 0 Å². The molecular weight excluding hydrogens is 324 g/mol. The van der Waals surface area contributed by atoms with E-state index >= 15 is 0 Å². The van der Waals surface area contributed by atoms with Crippen LogP contribution in [0.4, 0.5) is 4.79 Å². The van der Waals surface area contributed by atoms with Gasteiger partial charge in [-0.2, -0.15) is 0 Å². The fraction of sp³-hybridized carbons (Fsp3) is 0.429. The maximum atomic E-state index is 12.3. The molecule has 0 saturated carbocycles. The zero-order valence-corrected chi connectivity index (χ0v) is 12.8. The van der Waals surface area contributed by atoms with Crippen LogP contribution in [0.2, 0.25) is 0 Å². The van der Waals surface area contributed by atoms with Crippen molar-refractivity contribution >= 4 is 27.9 Å². The lowest BCUT2D eigenvalue weighted by Crippen LogP contribution is -2.46. The summed E-state index contributed by atoms with van der Waals surface area (Å²) in [6, 6.07) is 6.80. The Morgan fingerprint density at radius 2 is 2.05 bits per heavy atom. The van der Waals surface area contributed by atoms with E-state index in [2.05, 4.69) is 15.9 Å². The summed E-state index contributed by atoms with van der Waals surface area (Å²) in [5.41, 5.74) is 1.01. The van der Waals surface area contributed by atoms with Gasteiger partial charge >= 0.3 is 12.0 Å². The van der Waals surface area contributed by atoms with Crippen molar-refractivity contribution in [3.63, 3.8) is 0 Å². The van der Waals surface area contributed by atoms with Crippen molar-refractivity contribution in [3.05, 3.63) is 34.3 Å². The highest BCUT2D eigenvalue weighted by Crippen LogP contribution is 2.20. The third-order valence-corrected chi connectivity index (χ3v) is 3.97. The van der Waals surface area contributed by atoms with Gasteiger partial charge in [0.2, 0.25) is 0 Å². The number of carboxylic acid groups (broad SMARTS) is 1. The zero-order chi connectivity index (χ0) is 14.7. The summed E-state index contributed by atoms with van der Waals surface area (Å²) in [5, 5.41) is 9.12. The standard InChI is InChI=1S/C14H17BrN2O3/c1-16(9-10-4-6-11(15)7-5-10)14(20)17-8-2-3-12(17)13(18)19/h4-7,12H,2-3,8-9H2,1H3,(H,18,19)/t12-/m0/s1. The SMILES string of the molecule is CN(Cc1ccc(Br)cc1)C(=O)N1CCC[C@H]1C(=O)O. The lowest BCUT2D eigenvalue weighted by atomic mass is 10.2. The minimum atomic E-state index is -0.923. The molecule has 5 nitrogen and oxygen atoms in total. The molecule has 1 atom stereocenters. The van der Waals surface area contributed by atoms with Gasteiger partial charge in [-0.05, 0) is 30.5 Å². The largest absolute Gasteiger partial charge is 0.480 e. The number of carboxylic acids is 1. The van der Waals surface area contributed by atoms with Crippen LogP contribution in [-0.4, -0.2) is 46.5 Å². The molecule has 1 fully saturated rings. The fourth-order valence-corrected chi connectivity index (χ4v) is 2.67. The number of rotatable bonds is 3. The van der Waals surface area contributed by atoms with Crippen LogP contribution in [0.1, 0.15) is 18.4 Å². The Labute approximate surface area is 126 Å². The van der Waals surface area contributed by atoms with E-state index in [0.717, 1.165) is 16.5 Å². The number of nitrogens with zero attached hydrogens (tertiary/aromatic N) is 2. The molecule has 0 aromatic heterocycles. The molecule has 0 spiro atoms. The molecule has 1 aromatic carbocycles. The van der Waals surface area contributed by atoms with E-state index in [-0.39, 0.29) is 6.03 Å². The van der Waals surface area contributed by atoms with E-state index in [4.69, 9.17) is 5.11 Å². The first-order valence-corrected chi connectivity index (χ1v) is 7.27. The van der Waals surface area contributed by atoms with E-state index in [1.54, 1.807) is 11.9 Å². The number of urea groups is 1. The number of halogens is 1. The van der Waals surface area contributed by atoms with E-state index in [1.165, 1.54) is 4.90 Å². The Kier molecular flexibility index (Phi) is 4.65. The summed E-state index contributed by atoms with van der Waals surface area (Å²) in [4.78, 5) is 26.4. The average Bonchev–Trinajstić information content (AvgIpc) is 2.90. The quantitative estimate of drug-likeness (QED) is 0.919. The van der Waals surface area contributed by atoms with Crippen LogP contribution in [-0.2, 0) is 11.3 Å². The summed E-state index contributed by atoms with van der Waals surface area (Å²) in [7, 11) is 1.70. The van der Waals surface area contributed by atoms with Gasteiger partial charge < -0.3 is 14.9 Å². The van der Waals surface area contributed by atoms with Gasteiger partial charge in [0.05, 0.1) is 0 Å². The van der Waals surface area contributed by atoms with Crippen molar-refractivity contribution in [2.24, 2.45) is 0 Å². The Balaban J connectivity index is 2.01. The van der Waals surface area contributed by atoms with Crippen molar-refractivity contribution < 1.29 is 14.7 Å². The van der Waals surface area contributed by atoms with Crippen LogP contribution in [0.15, 0.2) is 28.7 Å². The second-order valence-electron chi connectivity index (χ2n) is 4.95. The highest BCUT2D eigenvalue weighted by atomic mass is 79.9. The average molecular weight is 341 g/mol. The van der Waals surface area contributed by atoms with Gasteiger partial charge in [0, 0.05) is 24.6 Å². The second kappa shape index (κ2) is 6.26. The number of amides is 2. The molecule has 6 heteroatoms. The fourth-order valence-electron chi connectivity index (χ4n) is 2.40. The zero-order valence-electron chi connectivity index (χ0n) is 11.3. The molecule has 1 N–H and O–H groups in total. The summed E-state index contributed by atoms with van der Waals surface area (Å²) in [6.45, 7) is 0.982. The summed E-state index contributed by atoms with van der Waals surface area (Å²) < 4.78 is 0.987. The molecule has 0 aliphatic carbocycles. The minimum absolute atomic E-state index is 0.224. The van der Waals surface area contributed by atoms with Crippen molar-refractivity contribution in [2.75, 3.05) is 13.6 Å². The predicted octanol–water partition coefficient (Wildman–Crippen LogP) is 2.55. The van der Waals surface area contributed by atoms with Crippen molar-refractivity contribution in [1.29, 1.82) is 0 Å². The smallest absolute Gasteiger partial charge is 0.326 e. The first-order valence-electron chi connectivity index (χ1n) is 6.48. The number of carbonyl (C=O) groups excluding carboxylic acids is 1. The lowest BCUT2D eigenvalue weighted by molar-refractivity contribution is -0.141. The van der Waals surface area contributed by atoms with Crippen LogP contribution < -0.4 is 0 Å². The van der Waals surface area contributed by atoms with Crippen molar-refractivity contribution in [1.82, 2.24) is 9.80 Å². The van der Waals surface area contributed by atoms with Gasteiger partial charge in [0.1, 0.15) is 6.04 Å². The topological polar surface area (TPSA) is 60.9 Å². The van der Waals surface area contributed by atoms with Crippen molar-refractivity contribution in [2.45, 2.75) is 25.4 Å². The highest BCUT2D eigenvalue weighted by molar-refractivity contribution is 9.10. The molecule has 0 unspecified atom stereocenters. The third kappa shape index (κ3) is 3.30. The van der Waals surface area contributed by atoms with E-state index in [1.807, 2.05) is 24.3 Å². The van der Waals surface area contributed by atoms with Crippen LogP contribution in [0.3, 0.4) is 0 Å². The van der Waals surface area contributed by atoms with E-state index in [0.29, 0.717) is 19.5 Å². The molecule has 1 saturated heterocycles. The maximum Gasteiger partial charge on any atom is 0.326 e. The normalized spacial score (nSPS) is 18.1. The van der Waals surface area contributed by atoms with Crippen LogP contribution in [0.5, 0.6) is 0 Å². The molecule has 1 heterocycles. The second-order valence-corrected chi connectivity index (χ2v) is 5.87. The highest BCUT2D eigenvalue weighted by Gasteiger charge is 2.35. The molecule has 20 heavy (non-hydrogen) atoms. The van der Waals surface area contributed by atoms with Crippen LogP contribution in [0, 0.1) is 0 Å². The molecule has 0 radical (unpaired) electrons. The van der Waals surface area contributed by atoms with Gasteiger partial charge in [-0.1, -0.05) is 28.1 Å². The number of hydrogen-bond donors (Lipinski definition) is 1. The monoisotopic (exact) mass is 340 g/mol. The number of carbonyl (C=O) groups is 2. The minimum Gasteiger partial charge on any atom is -0.480 e. The van der Waals surface area contributed by atoms with Crippen LogP contribution in [0.25, 0.3) is 0 Å². The molecular formula is C14H17BrN2O3. The molecule has 0 bridgehead atoms. The summed E-state index contributed by atoms with van der Waals surface area (Å²) in [5.74, 6) is -0.923. The van der Waals surface area contributed by atoms with Gasteiger partial charge in [0.15, 0.2) is 0 Å². The maximum absolute atomic E-state index is 12.3. The number of hydrogen-bond acceptors (Lipinski definition) is 2. The van der Waals surface area contributed by atoms with Gasteiger partial charge in [0.25, 0.3) is 0 Å². The summed E-state index contributed by atoms with van der Waals surface area (Å²) in [6.07, 6.45) is 1.28. The Morgan fingerprint density at radius 1 is 1.40 bits per heavy atom. The number of benzene rings is 1. The van der Waals surface area contributed by atoms with Crippen molar-refractivity contribution in [3.8, 4) is 0 Å². The first kappa shape index (κ1) is 14.8. The van der Waals surface area contributed by atoms with Crippen LogP contribution >= 0.6 is 15.9 Å². The lowest BCUT2D eigenvalue weighted by Gasteiger charge is -2.27. The van der Waals surface area contributed by atoms with E-state index in [9.17, 15) is 9.59 Å².